The summed E-state index contributed by atoms with van der Waals surface area (Å²) in [5.74, 6) is 0. The molecule has 0 radical (unpaired) electrons. The van der Waals surface area contributed by atoms with Crippen molar-refractivity contribution in [3.05, 3.63) is 0 Å². The second-order valence-corrected chi connectivity index (χ2v) is 4.40. The highest BCUT2D eigenvalue weighted by Crippen LogP contribution is 2.10. The maximum atomic E-state index is 12.2. The molecule has 0 saturated carbocycles. The zero-order chi connectivity index (χ0) is 10.4. The molecule has 14 heavy (non-hydrogen) atoms. The van der Waals surface area contributed by atoms with E-state index >= 15 is 0 Å². The molecule has 1 heterocycles. The molecule has 0 aliphatic carbocycles. The smallest absolute Gasteiger partial charge is 0.102 e. The highest BCUT2D eigenvalue weighted by atomic mass is 19.1. The zero-order valence-electron chi connectivity index (χ0n) is 9.43. The van der Waals surface area contributed by atoms with Gasteiger partial charge in [-0.05, 0) is 46.2 Å². The van der Waals surface area contributed by atoms with Crippen LogP contribution in [-0.2, 0) is 0 Å². The van der Waals surface area contributed by atoms with Crippen LogP contribution in [-0.4, -0.2) is 43.3 Å². The van der Waals surface area contributed by atoms with Crippen molar-refractivity contribution in [2.45, 2.75) is 45.2 Å². The molecule has 1 saturated heterocycles. The molecule has 0 aromatic carbocycles. The summed E-state index contributed by atoms with van der Waals surface area (Å²) < 4.78 is 12.2. The van der Waals surface area contributed by atoms with Gasteiger partial charge in [0.2, 0.25) is 0 Å². The molecule has 1 N–H and O–H groups in total. The Kier molecular flexibility index (Phi) is 5.41. The quantitative estimate of drug-likeness (QED) is 0.706. The third-order valence-corrected chi connectivity index (χ3v) is 3.03. The van der Waals surface area contributed by atoms with Gasteiger partial charge in [-0.15, -0.1) is 0 Å². The maximum Gasteiger partial charge on any atom is 0.102 e. The number of rotatable bonds is 6. The Morgan fingerprint density at radius 2 is 2.21 bits per heavy atom. The Balaban J connectivity index is 2.17. The molecule has 1 aliphatic heterocycles. The number of nitrogens with one attached hydrogen (secondary N) is 1. The van der Waals surface area contributed by atoms with Crippen LogP contribution in [0.1, 0.15) is 33.1 Å². The van der Waals surface area contributed by atoms with E-state index in [0.717, 1.165) is 19.5 Å². The SMILES string of the molecule is CC(C)N(CCF)CCC1CCCN1. The van der Waals surface area contributed by atoms with Crippen LogP contribution in [0.25, 0.3) is 0 Å². The van der Waals surface area contributed by atoms with Crippen molar-refractivity contribution >= 4 is 0 Å². The molecule has 1 rings (SSSR count). The highest BCUT2D eigenvalue weighted by molar-refractivity contribution is 4.76. The van der Waals surface area contributed by atoms with Gasteiger partial charge in [0, 0.05) is 18.6 Å². The van der Waals surface area contributed by atoms with Gasteiger partial charge in [-0.2, -0.15) is 0 Å². The van der Waals surface area contributed by atoms with Crippen LogP contribution in [0.15, 0.2) is 0 Å². The fourth-order valence-corrected chi connectivity index (χ4v) is 2.06. The highest BCUT2D eigenvalue weighted by Gasteiger charge is 2.16. The van der Waals surface area contributed by atoms with Crippen LogP contribution in [0.5, 0.6) is 0 Å². The molecule has 1 unspecified atom stereocenters. The first-order chi connectivity index (χ1) is 6.74. The van der Waals surface area contributed by atoms with Gasteiger partial charge in [0.25, 0.3) is 0 Å². The van der Waals surface area contributed by atoms with Crippen molar-refractivity contribution < 1.29 is 4.39 Å². The van der Waals surface area contributed by atoms with Crippen molar-refractivity contribution in [3.8, 4) is 0 Å². The number of hydrogen-bond donors (Lipinski definition) is 1. The lowest BCUT2D eigenvalue weighted by atomic mass is 10.1. The standard InChI is InChI=1S/C11H23FN2/c1-10(2)14(9-6-12)8-5-11-4-3-7-13-11/h10-11,13H,3-9H2,1-2H3. The van der Waals surface area contributed by atoms with Crippen LogP contribution >= 0.6 is 0 Å². The molecule has 1 aliphatic rings. The minimum atomic E-state index is -0.226. The first-order valence-corrected chi connectivity index (χ1v) is 5.77. The Morgan fingerprint density at radius 3 is 2.71 bits per heavy atom. The second kappa shape index (κ2) is 6.36. The topological polar surface area (TPSA) is 15.3 Å². The van der Waals surface area contributed by atoms with Gasteiger partial charge in [0.1, 0.15) is 6.67 Å². The number of hydrogen-bond acceptors (Lipinski definition) is 2. The van der Waals surface area contributed by atoms with Gasteiger partial charge in [-0.1, -0.05) is 0 Å². The van der Waals surface area contributed by atoms with Crippen molar-refractivity contribution in [2.75, 3.05) is 26.3 Å². The molecule has 0 amide bonds. The molecule has 0 aromatic rings. The maximum absolute atomic E-state index is 12.2. The largest absolute Gasteiger partial charge is 0.314 e. The first-order valence-electron chi connectivity index (χ1n) is 5.77. The van der Waals surface area contributed by atoms with Crippen molar-refractivity contribution in [3.63, 3.8) is 0 Å². The van der Waals surface area contributed by atoms with Gasteiger partial charge in [-0.3, -0.25) is 4.90 Å². The number of halogens is 1. The summed E-state index contributed by atoms with van der Waals surface area (Å²) in [6, 6.07) is 1.14. The molecule has 0 spiro atoms. The van der Waals surface area contributed by atoms with Crippen molar-refractivity contribution in [2.24, 2.45) is 0 Å². The molecule has 1 atom stereocenters. The van der Waals surface area contributed by atoms with E-state index in [4.69, 9.17) is 0 Å². The normalized spacial score (nSPS) is 22.5. The Hall–Kier alpha value is -0.150. The summed E-state index contributed by atoms with van der Waals surface area (Å²) in [5.41, 5.74) is 0. The molecule has 0 aromatic heterocycles. The van der Waals surface area contributed by atoms with E-state index in [-0.39, 0.29) is 6.67 Å². The summed E-state index contributed by atoms with van der Waals surface area (Å²) in [6.07, 6.45) is 3.76. The fraction of sp³-hybridized carbons (Fsp3) is 1.00. The predicted octanol–water partition coefficient (Wildman–Crippen LogP) is 1.81. The molecular formula is C11H23FN2. The van der Waals surface area contributed by atoms with Gasteiger partial charge in [0.15, 0.2) is 0 Å². The molecule has 1 fully saturated rings. The lowest BCUT2D eigenvalue weighted by molar-refractivity contribution is 0.194. The Morgan fingerprint density at radius 1 is 1.43 bits per heavy atom. The zero-order valence-corrected chi connectivity index (χ0v) is 9.43. The predicted molar refractivity (Wildman–Crippen MR) is 58.3 cm³/mol. The molecular weight excluding hydrogens is 179 g/mol. The van der Waals surface area contributed by atoms with Crippen LogP contribution in [0.2, 0.25) is 0 Å². The summed E-state index contributed by atoms with van der Waals surface area (Å²) >= 11 is 0. The lowest BCUT2D eigenvalue weighted by Crippen LogP contribution is -2.36. The monoisotopic (exact) mass is 202 g/mol. The molecule has 0 bridgehead atoms. The minimum absolute atomic E-state index is 0.226. The van der Waals surface area contributed by atoms with E-state index in [1.54, 1.807) is 0 Å². The summed E-state index contributed by atoms with van der Waals surface area (Å²) in [5, 5.41) is 3.47. The van der Waals surface area contributed by atoms with Gasteiger partial charge in [-0.25, -0.2) is 4.39 Å². The average molecular weight is 202 g/mol. The molecule has 2 nitrogen and oxygen atoms in total. The Bertz CT molecular complexity index is 144. The van der Waals surface area contributed by atoms with E-state index in [0.29, 0.717) is 18.6 Å². The van der Waals surface area contributed by atoms with Crippen molar-refractivity contribution in [1.29, 1.82) is 0 Å². The van der Waals surface area contributed by atoms with Crippen LogP contribution < -0.4 is 5.32 Å². The van der Waals surface area contributed by atoms with E-state index in [2.05, 4.69) is 24.1 Å². The third kappa shape index (κ3) is 3.93. The average Bonchev–Trinajstić information content (AvgIpc) is 2.64. The van der Waals surface area contributed by atoms with Crippen LogP contribution in [0.4, 0.5) is 4.39 Å². The van der Waals surface area contributed by atoms with Gasteiger partial charge in [0.05, 0.1) is 0 Å². The van der Waals surface area contributed by atoms with Crippen molar-refractivity contribution in [1.82, 2.24) is 10.2 Å². The molecule has 84 valence electrons. The summed E-state index contributed by atoms with van der Waals surface area (Å²) in [6.45, 7) is 6.82. The lowest BCUT2D eigenvalue weighted by Gasteiger charge is -2.26. The van der Waals surface area contributed by atoms with E-state index in [9.17, 15) is 4.39 Å². The number of nitrogens with zero attached hydrogens (tertiary/aromatic N) is 1. The van der Waals surface area contributed by atoms with Gasteiger partial charge >= 0.3 is 0 Å². The molecule has 3 heteroatoms. The minimum Gasteiger partial charge on any atom is -0.314 e. The third-order valence-electron chi connectivity index (χ3n) is 3.03. The van der Waals surface area contributed by atoms with Gasteiger partial charge < -0.3 is 5.32 Å². The van der Waals surface area contributed by atoms with E-state index in [1.165, 1.54) is 12.8 Å². The van der Waals surface area contributed by atoms with Crippen LogP contribution in [0.3, 0.4) is 0 Å². The van der Waals surface area contributed by atoms with E-state index < -0.39 is 0 Å². The number of alkyl halides is 1. The summed E-state index contributed by atoms with van der Waals surface area (Å²) in [7, 11) is 0. The first kappa shape index (κ1) is 11.9. The summed E-state index contributed by atoms with van der Waals surface area (Å²) in [4.78, 5) is 2.22. The second-order valence-electron chi connectivity index (χ2n) is 4.40. The fourth-order valence-electron chi connectivity index (χ4n) is 2.06. The van der Waals surface area contributed by atoms with E-state index in [1.807, 2.05) is 0 Å². The van der Waals surface area contributed by atoms with Crippen LogP contribution in [0, 0.1) is 0 Å². The Labute approximate surface area is 86.9 Å².